The number of nitrogens with one attached hydrogen (secondary N) is 1. The third kappa shape index (κ3) is 6.61. The molecule has 5 aromatic rings. The summed E-state index contributed by atoms with van der Waals surface area (Å²) < 4.78 is 12.9. The molecule has 3 aromatic carbocycles. The molecule has 2 aromatic heterocycles. The number of aliphatic hydroxyl groups excluding tert-OH is 1. The van der Waals surface area contributed by atoms with Crippen LogP contribution in [-0.2, 0) is 16.1 Å². The Balaban J connectivity index is 1.21. The lowest BCUT2D eigenvalue weighted by Crippen LogP contribution is -2.31. The van der Waals surface area contributed by atoms with Gasteiger partial charge < -0.3 is 19.9 Å². The van der Waals surface area contributed by atoms with Gasteiger partial charge in [0.05, 0.1) is 41.1 Å². The molecule has 9 heteroatoms. The van der Waals surface area contributed by atoms with E-state index in [0.717, 1.165) is 27.2 Å². The predicted molar refractivity (Wildman–Crippen MR) is 157 cm³/mol. The van der Waals surface area contributed by atoms with E-state index in [1.165, 1.54) is 6.20 Å². The first-order chi connectivity index (χ1) is 20.1. The van der Waals surface area contributed by atoms with E-state index in [-0.39, 0.29) is 30.4 Å². The molecule has 0 unspecified atom stereocenters. The Labute approximate surface area is 241 Å². The van der Waals surface area contributed by atoms with Crippen molar-refractivity contribution < 1.29 is 19.4 Å². The molecule has 3 heterocycles. The van der Waals surface area contributed by atoms with Crippen molar-refractivity contribution in [2.24, 2.45) is 0 Å². The van der Waals surface area contributed by atoms with Crippen LogP contribution < -0.4 is 5.32 Å². The monoisotopic (exact) mass is 564 g/mol. The van der Waals surface area contributed by atoms with Gasteiger partial charge >= 0.3 is 0 Å². The van der Waals surface area contributed by atoms with E-state index in [9.17, 15) is 9.90 Å². The van der Waals surface area contributed by atoms with Crippen LogP contribution in [0.15, 0.2) is 108 Å². The van der Waals surface area contributed by atoms with Gasteiger partial charge in [0.1, 0.15) is 5.69 Å². The number of pyridine rings is 1. The lowest BCUT2D eigenvalue weighted by molar-refractivity contribution is -0.245. The molecule has 0 bridgehead atoms. The molecule has 0 aliphatic carbocycles. The van der Waals surface area contributed by atoms with Crippen molar-refractivity contribution >= 4 is 34.4 Å². The molecule has 1 aliphatic rings. The molecular formula is C32H28N4O4S. The molecule has 8 nitrogen and oxygen atoms in total. The van der Waals surface area contributed by atoms with Gasteiger partial charge in [0, 0.05) is 29.6 Å². The van der Waals surface area contributed by atoms with Gasteiger partial charge in [-0.05, 0) is 47.5 Å². The molecule has 3 atom stereocenters. The van der Waals surface area contributed by atoms with E-state index < -0.39 is 6.29 Å². The number of para-hydroxylation sites is 2. The van der Waals surface area contributed by atoms with E-state index in [2.05, 4.69) is 20.3 Å². The number of aromatic nitrogens is 3. The lowest BCUT2D eigenvalue weighted by Gasteiger charge is -2.36. The van der Waals surface area contributed by atoms with Crippen LogP contribution in [0, 0.1) is 0 Å². The third-order valence-electron chi connectivity index (χ3n) is 6.77. The number of carbonyl (C=O) groups is 1. The predicted octanol–water partition coefficient (Wildman–Crippen LogP) is 6.11. The number of rotatable bonds is 8. The zero-order chi connectivity index (χ0) is 28.0. The summed E-state index contributed by atoms with van der Waals surface area (Å²) in [6.45, 7) is -0.00974. The summed E-state index contributed by atoms with van der Waals surface area (Å²) in [6, 6.07) is 28.5. The second-order valence-corrected chi connectivity index (χ2v) is 10.7. The number of nitrogens with zero attached hydrogens (tertiary/aromatic N) is 3. The molecule has 6 rings (SSSR count). The second kappa shape index (κ2) is 12.6. The molecule has 0 saturated carbocycles. The fourth-order valence-corrected chi connectivity index (χ4v) is 5.54. The fraction of sp³-hybridized carbons (Fsp3) is 0.188. The Hall–Kier alpha value is -4.15. The number of carbonyl (C=O) groups excluding carboxylic acids is 1. The quantitative estimate of drug-likeness (QED) is 0.218. The van der Waals surface area contributed by atoms with Gasteiger partial charge in [-0.1, -0.05) is 54.6 Å². The van der Waals surface area contributed by atoms with Crippen LogP contribution >= 0.6 is 11.8 Å². The standard InChI is InChI=1S/C32H28N4O4S/c37-19-21-11-13-22(14-12-21)29-17-25(20-41-30-10-3-4-15-33-30)39-32(40-29)23-6-5-7-24(16-23)35-31(38)28-18-34-26-8-1-2-9-27(26)36-28/h1-16,18,25,29,32,37H,17,19-20H2,(H,35,38)/t25-,29+,32+/m0/s1. The zero-order valence-corrected chi connectivity index (χ0v) is 22.9. The van der Waals surface area contributed by atoms with E-state index >= 15 is 0 Å². The summed E-state index contributed by atoms with van der Waals surface area (Å²) in [7, 11) is 0. The Kier molecular flexibility index (Phi) is 8.29. The van der Waals surface area contributed by atoms with Crippen LogP contribution in [0.2, 0.25) is 0 Å². The highest BCUT2D eigenvalue weighted by Crippen LogP contribution is 2.39. The maximum absolute atomic E-state index is 13.0. The minimum Gasteiger partial charge on any atom is -0.392 e. The normalized spacial score (nSPS) is 18.7. The van der Waals surface area contributed by atoms with Crippen molar-refractivity contribution in [2.75, 3.05) is 11.1 Å². The SMILES string of the molecule is O=C(Nc1cccc([C@@H]2O[C@H](CSc3ccccn3)C[C@H](c3ccc(CO)cc3)O2)c1)c1cnc2ccccc2n1. The second-order valence-electron chi connectivity index (χ2n) is 9.65. The molecule has 41 heavy (non-hydrogen) atoms. The Bertz CT molecular complexity index is 1630. The highest BCUT2D eigenvalue weighted by atomic mass is 32.2. The van der Waals surface area contributed by atoms with Gasteiger partial charge in [-0.15, -0.1) is 11.8 Å². The summed E-state index contributed by atoms with van der Waals surface area (Å²) >= 11 is 1.64. The summed E-state index contributed by atoms with van der Waals surface area (Å²) in [6.07, 6.45) is 2.98. The lowest BCUT2D eigenvalue weighted by atomic mass is 10.0. The Morgan fingerprint density at radius 1 is 0.902 bits per heavy atom. The van der Waals surface area contributed by atoms with Crippen LogP contribution in [0.25, 0.3) is 11.0 Å². The van der Waals surface area contributed by atoms with Gasteiger partial charge in [-0.25, -0.2) is 9.97 Å². The highest BCUT2D eigenvalue weighted by molar-refractivity contribution is 7.99. The number of ether oxygens (including phenoxy) is 2. The van der Waals surface area contributed by atoms with Crippen LogP contribution in [-0.4, -0.2) is 37.8 Å². The average molecular weight is 565 g/mol. The highest BCUT2D eigenvalue weighted by Gasteiger charge is 2.32. The topological polar surface area (TPSA) is 106 Å². The third-order valence-corrected chi connectivity index (χ3v) is 7.84. The van der Waals surface area contributed by atoms with Crippen LogP contribution in [0.1, 0.15) is 46.0 Å². The van der Waals surface area contributed by atoms with Gasteiger partial charge in [0.25, 0.3) is 5.91 Å². The van der Waals surface area contributed by atoms with E-state index in [4.69, 9.17) is 9.47 Å². The minimum absolute atomic E-state index is 0.00974. The van der Waals surface area contributed by atoms with Gasteiger partial charge in [0.15, 0.2) is 6.29 Å². The number of anilines is 1. The fourth-order valence-electron chi connectivity index (χ4n) is 4.66. The van der Waals surface area contributed by atoms with Crippen LogP contribution in [0.5, 0.6) is 0 Å². The molecule has 1 aliphatic heterocycles. The number of hydrogen-bond donors (Lipinski definition) is 2. The number of fused-ring (bicyclic) bond motifs is 1. The van der Waals surface area contributed by atoms with E-state index in [0.29, 0.717) is 23.4 Å². The molecule has 0 radical (unpaired) electrons. The van der Waals surface area contributed by atoms with Gasteiger partial charge in [-0.3, -0.25) is 9.78 Å². The molecular weight excluding hydrogens is 536 g/mol. The van der Waals surface area contributed by atoms with Gasteiger partial charge in [0.2, 0.25) is 0 Å². The van der Waals surface area contributed by atoms with Crippen molar-refractivity contribution in [1.82, 2.24) is 15.0 Å². The first-order valence-corrected chi connectivity index (χ1v) is 14.3. The summed E-state index contributed by atoms with van der Waals surface area (Å²) in [5, 5.41) is 13.3. The van der Waals surface area contributed by atoms with Crippen molar-refractivity contribution in [3.63, 3.8) is 0 Å². The van der Waals surface area contributed by atoms with Crippen LogP contribution in [0.4, 0.5) is 5.69 Å². The van der Waals surface area contributed by atoms with Crippen molar-refractivity contribution in [3.8, 4) is 0 Å². The zero-order valence-electron chi connectivity index (χ0n) is 22.1. The number of aliphatic hydroxyl groups is 1. The summed E-state index contributed by atoms with van der Waals surface area (Å²) in [5.74, 6) is 0.358. The van der Waals surface area contributed by atoms with Crippen LogP contribution in [0.3, 0.4) is 0 Å². The number of hydrogen-bond acceptors (Lipinski definition) is 8. The Morgan fingerprint density at radius 3 is 2.54 bits per heavy atom. The van der Waals surface area contributed by atoms with E-state index in [1.807, 2.05) is 91.0 Å². The first kappa shape index (κ1) is 27.0. The Morgan fingerprint density at radius 2 is 1.73 bits per heavy atom. The number of amides is 1. The molecule has 0 spiro atoms. The van der Waals surface area contributed by atoms with Gasteiger partial charge in [-0.2, -0.15) is 0 Å². The first-order valence-electron chi connectivity index (χ1n) is 13.3. The molecule has 2 N–H and O–H groups in total. The average Bonchev–Trinajstić information content (AvgIpc) is 3.04. The largest absolute Gasteiger partial charge is 0.392 e. The maximum atomic E-state index is 13.0. The number of thioether (sulfide) groups is 1. The maximum Gasteiger partial charge on any atom is 0.275 e. The smallest absolute Gasteiger partial charge is 0.275 e. The van der Waals surface area contributed by atoms with Crippen molar-refractivity contribution in [3.05, 3.63) is 126 Å². The molecule has 206 valence electrons. The number of benzene rings is 3. The van der Waals surface area contributed by atoms with Crippen molar-refractivity contribution in [1.29, 1.82) is 0 Å². The van der Waals surface area contributed by atoms with E-state index in [1.54, 1.807) is 18.0 Å². The molecule has 1 saturated heterocycles. The minimum atomic E-state index is -0.641. The van der Waals surface area contributed by atoms with Crippen molar-refractivity contribution in [2.45, 2.75) is 36.6 Å². The molecule has 1 fully saturated rings. The molecule has 1 amide bonds. The summed E-state index contributed by atoms with van der Waals surface area (Å²) in [5.41, 5.74) is 4.87. The summed E-state index contributed by atoms with van der Waals surface area (Å²) in [4.78, 5) is 26.2.